The first-order valence-corrected chi connectivity index (χ1v) is 4.28. The van der Waals surface area contributed by atoms with E-state index < -0.39 is 0 Å². The molecule has 0 saturated heterocycles. The van der Waals surface area contributed by atoms with Gasteiger partial charge in [-0.3, -0.25) is 9.69 Å². The van der Waals surface area contributed by atoms with Crippen molar-refractivity contribution in [1.82, 2.24) is 9.78 Å². The van der Waals surface area contributed by atoms with Crippen molar-refractivity contribution in [3.63, 3.8) is 0 Å². The van der Waals surface area contributed by atoms with Gasteiger partial charge in [-0.25, -0.2) is 4.68 Å². The van der Waals surface area contributed by atoms with Crippen LogP contribution in [0, 0.1) is 0 Å². The Kier molecular flexibility index (Phi) is 1.88. The second-order valence-corrected chi connectivity index (χ2v) is 2.96. The van der Waals surface area contributed by atoms with E-state index in [1.807, 2.05) is 10.7 Å². The van der Waals surface area contributed by atoms with Crippen molar-refractivity contribution in [1.29, 1.82) is 0 Å². The van der Waals surface area contributed by atoms with Gasteiger partial charge in [0.15, 0.2) is 0 Å². The summed E-state index contributed by atoms with van der Waals surface area (Å²) in [7, 11) is 0. The maximum absolute atomic E-state index is 11.4. The average molecular weight is 177 g/mol. The molecule has 0 N–H and O–H groups in total. The molecule has 1 aromatic rings. The van der Waals surface area contributed by atoms with Crippen molar-refractivity contribution in [3.8, 4) is 0 Å². The highest BCUT2D eigenvalue weighted by Gasteiger charge is 2.20. The summed E-state index contributed by atoms with van der Waals surface area (Å²) in [6.07, 6.45) is 4.00. The van der Waals surface area contributed by atoms with Crippen LogP contribution in [-0.4, -0.2) is 22.2 Å². The molecule has 0 bridgehead atoms. The van der Waals surface area contributed by atoms with E-state index in [1.165, 1.54) is 6.08 Å². The minimum Gasteiger partial charge on any atom is -0.293 e. The van der Waals surface area contributed by atoms with Gasteiger partial charge >= 0.3 is 0 Å². The molecular weight excluding hydrogens is 166 g/mol. The van der Waals surface area contributed by atoms with Crippen LogP contribution in [-0.2, 0) is 11.3 Å². The van der Waals surface area contributed by atoms with E-state index in [1.54, 1.807) is 11.1 Å². The van der Waals surface area contributed by atoms with Crippen LogP contribution in [0.15, 0.2) is 24.9 Å². The fourth-order valence-electron chi connectivity index (χ4n) is 1.55. The highest BCUT2D eigenvalue weighted by molar-refractivity contribution is 6.00. The lowest BCUT2D eigenvalue weighted by Crippen LogP contribution is -2.36. The van der Waals surface area contributed by atoms with Gasteiger partial charge in [-0.2, -0.15) is 5.10 Å². The van der Waals surface area contributed by atoms with Crippen LogP contribution in [0.5, 0.6) is 0 Å². The van der Waals surface area contributed by atoms with E-state index in [4.69, 9.17) is 0 Å². The number of carbonyl (C=O) groups is 1. The fourth-order valence-corrected chi connectivity index (χ4v) is 1.55. The Morgan fingerprint density at radius 3 is 3.23 bits per heavy atom. The van der Waals surface area contributed by atoms with Crippen LogP contribution in [0.25, 0.3) is 0 Å². The zero-order valence-electron chi connectivity index (χ0n) is 7.31. The van der Waals surface area contributed by atoms with Gasteiger partial charge < -0.3 is 0 Å². The minimum absolute atomic E-state index is 0.0542. The molecule has 0 radical (unpaired) electrons. The molecular formula is C9H11N3O. The lowest BCUT2D eigenvalue weighted by Gasteiger charge is -2.26. The first-order chi connectivity index (χ1) is 6.33. The van der Waals surface area contributed by atoms with Crippen LogP contribution in [0.4, 0.5) is 5.82 Å². The van der Waals surface area contributed by atoms with E-state index >= 15 is 0 Å². The number of nitrogens with zero attached hydrogens (tertiary/aromatic N) is 3. The zero-order chi connectivity index (χ0) is 9.26. The SMILES string of the molecule is C=CC(=O)N1CCCn2nccc21. The molecule has 0 spiro atoms. The Bertz CT molecular complexity index is 342. The molecule has 13 heavy (non-hydrogen) atoms. The first kappa shape index (κ1) is 8.04. The molecule has 0 atom stereocenters. The third-order valence-corrected chi connectivity index (χ3v) is 2.16. The molecule has 1 amide bonds. The number of hydrogen-bond acceptors (Lipinski definition) is 2. The van der Waals surface area contributed by atoms with Crippen molar-refractivity contribution in [2.45, 2.75) is 13.0 Å². The van der Waals surface area contributed by atoms with Gasteiger partial charge in [0.05, 0.1) is 6.20 Å². The molecule has 0 unspecified atom stereocenters. The minimum atomic E-state index is -0.0542. The normalized spacial score (nSPS) is 15.2. The van der Waals surface area contributed by atoms with Crippen molar-refractivity contribution in [2.24, 2.45) is 0 Å². The number of aromatic nitrogens is 2. The molecule has 1 aliphatic rings. The summed E-state index contributed by atoms with van der Waals surface area (Å²) in [4.78, 5) is 13.1. The Morgan fingerprint density at radius 1 is 1.62 bits per heavy atom. The second kappa shape index (κ2) is 3.05. The summed E-state index contributed by atoms with van der Waals surface area (Å²) in [5, 5.41) is 4.11. The van der Waals surface area contributed by atoms with Gasteiger partial charge in [0.25, 0.3) is 5.91 Å². The highest BCUT2D eigenvalue weighted by atomic mass is 16.2. The molecule has 0 saturated carbocycles. The van der Waals surface area contributed by atoms with Gasteiger partial charge in [-0.05, 0) is 12.5 Å². The summed E-state index contributed by atoms with van der Waals surface area (Å²) >= 11 is 0. The predicted octanol–water partition coefficient (Wildman–Crippen LogP) is 0.806. The molecule has 4 heteroatoms. The summed E-state index contributed by atoms with van der Waals surface area (Å²) in [6, 6.07) is 1.85. The van der Waals surface area contributed by atoms with E-state index in [2.05, 4.69) is 11.7 Å². The lowest BCUT2D eigenvalue weighted by atomic mass is 10.3. The number of carbonyl (C=O) groups excluding carboxylic acids is 1. The molecule has 2 heterocycles. The summed E-state index contributed by atoms with van der Waals surface area (Å²) in [6.45, 7) is 5.12. The topological polar surface area (TPSA) is 38.1 Å². The number of amides is 1. The Morgan fingerprint density at radius 2 is 2.46 bits per heavy atom. The van der Waals surface area contributed by atoms with E-state index in [0.29, 0.717) is 0 Å². The third-order valence-electron chi connectivity index (χ3n) is 2.16. The Labute approximate surface area is 76.5 Å². The molecule has 0 aromatic carbocycles. The highest BCUT2D eigenvalue weighted by Crippen LogP contribution is 2.19. The first-order valence-electron chi connectivity index (χ1n) is 4.28. The van der Waals surface area contributed by atoms with Gasteiger partial charge in [-0.1, -0.05) is 6.58 Å². The lowest BCUT2D eigenvalue weighted by molar-refractivity contribution is -0.114. The maximum atomic E-state index is 11.4. The van der Waals surface area contributed by atoms with Crippen LogP contribution in [0.2, 0.25) is 0 Å². The number of rotatable bonds is 1. The Balaban J connectivity index is 2.35. The summed E-state index contributed by atoms with van der Waals surface area (Å²) in [5.41, 5.74) is 0. The van der Waals surface area contributed by atoms with Crippen molar-refractivity contribution >= 4 is 11.7 Å². The van der Waals surface area contributed by atoms with Crippen LogP contribution < -0.4 is 4.90 Å². The van der Waals surface area contributed by atoms with Crippen LogP contribution in [0.3, 0.4) is 0 Å². The molecule has 0 aliphatic carbocycles. The van der Waals surface area contributed by atoms with Gasteiger partial charge in [0.2, 0.25) is 0 Å². The van der Waals surface area contributed by atoms with Gasteiger partial charge in [0.1, 0.15) is 5.82 Å². The number of fused-ring (bicyclic) bond motifs is 1. The molecule has 68 valence electrons. The molecule has 1 aromatic heterocycles. The van der Waals surface area contributed by atoms with Gasteiger partial charge in [-0.15, -0.1) is 0 Å². The van der Waals surface area contributed by atoms with E-state index in [0.717, 1.165) is 25.3 Å². The fraction of sp³-hybridized carbons (Fsp3) is 0.333. The summed E-state index contributed by atoms with van der Waals surface area (Å²) < 4.78 is 1.84. The smallest absolute Gasteiger partial charge is 0.251 e. The molecule has 2 rings (SSSR count). The van der Waals surface area contributed by atoms with E-state index in [-0.39, 0.29) is 5.91 Å². The third kappa shape index (κ3) is 1.24. The Hall–Kier alpha value is -1.58. The van der Waals surface area contributed by atoms with Crippen molar-refractivity contribution in [3.05, 3.63) is 24.9 Å². The monoisotopic (exact) mass is 177 g/mol. The largest absolute Gasteiger partial charge is 0.293 e. The van der Waals surface area contributed by atoms with Crippen LogP contribution >= 0.6 is 0 Å². The molecule has 0 fully saturated rings. The summed E-state index contributed by atoms with van der Waals surface area (Å²) in [5.74, 6) is 0.817. The quantitative estimate of drug-likeness (QED) is 0.595. The molecule has 1 aliphatic heterocycles. The van der Waals surface area contributed by atoms with Crippen molar-refractivity contribution in [2.75, 3.05) is 11.4 Å². The number of anilines is 1. The number of aryl methyl sites for hydroxylation is 1. The standard InChI is InChI=1S/C9H11N3O/c1-2-9(13)11-6-3-7-12-8(11)4-5-10-12/h2,4-5H,1,3,6-7H2. The average Bonchev–Trinajstić information content (AvgIpc) is 2.63. The second-order valence-electron chi connectivity index (χ2n) is 2.96. The number of hydrogen-bond donors (Lipinski definition) is 0. The zero-order valence-corrected chi connectivity index (χ0v) is 7.31. The van der Waals surface area contributed by atoms with Gasteiger partial charge in [0, 0.05) is 19.2 Å². The van der Waals surface area contributed by atoms with E-state index in [9.17, 15) is 4.79 Å². The van der Waals surface area contributed by atoms with Crippen LogP contribution in [0.1, 0.15) is 6.42 Å². The van der Waals surface area contributed by atoms with Crippen molar-refractivity contribution < 1.29 is 4.79 Å². The molecule has 4 nitrogen and oxygen atoms in total. The maximum Gasteiger partial charge on any atom is 0.251 e. The predicted molar refractivity (Wildman–Crippen MR) is 49.4 cm³/mol.